The van der Waals surface area contributed by atoms with E-state index in [1.54, 1.807) is 24.5 Å². The molecular formula is C15H17NO3. The topological polar surface area (TPSA) is 62.5 Å². The first kappa shape index (κ1) is 12.2. The molecule has 2 aromatic rings. The van der Waals surface area contributed by atoms with E-state index >= 15 is 0 Å². The van der Waals surface area contributed by atoms with Crippen molar-refractivity contribution in [3.8, 4) is 0 Å². The smallest absolute Gasteiger partial charge is 0.336 e. The Balaban J connectivity index is 1.88. The number of fused-ring (bicyclic) bond motifs is 1. The van der Waals surface area contributed by atoms with Gasteiger partial charge in [-0.3, -0.25) is 0 Å². The van der Waals surface area contributed by atoms with Crippen LogP contribution in [-0.2, 0) is 6.54 Å². The number of carboxylic acid groups (broad SMARTS) is 1. The summed E-state index contributed by atoms with van der Waals surface area (Å²) in [6.45, 7) is 0.669. The number of rotatable bonds is 4. The van der Waals surface area contributed by atoms with Gasteiger partial charge in [-0.15, -0.1) is 0 Å². The first-order valence-corrected chi connectivity index (χ1v) is 6.71. The molecule has 1 saturated carbocycles. The molecule has 100 valence electrons. The van der Waals surface area contributed by atoms with E-state index in [1.807, 2.05) is 0 Å². The van der Waals surface area contributed by atoms with Crippen LogP contribution in [0.4, 0.5) is 0 Å². The minimum absolute atomic E-state index is 0.314. The summed E-state index contributed by atoms with van der Waals surface area (Å²) >= 11 is 0. The third kappa shape index (κ3) is 2.36. The molecule has 0 aliphatic heterocycles. The maximum absolute atomic E-state index is 11.3. The maximum atomic E-state index is 11.3. The maximum Gasteiger partial charge on any atom is 0.336 e. The molecule has 4 heteroatoms. The van der Waals surface area contributed by atoms with Gasteiger partial charge in [0.15, 0.2) is 0 Å². The van der Waals surface area contributed by atoms with Gasteiger partial charge >= 0.3 is 5.97 Å². The first-order valence-electron chi connectivity index (χ1n) is 6.71. The van der Waals surface area contributed by atoms with Crippen LogP contribution >= 0.6 is 0 Å². The van der Waals surface area contributed by atoms with Crippen LogP contribution in [0.25, 0.3) is 11.0 Å². The molecule has 1 aliphatic rings. The Morgan fingerprint density at radius 3 is 2.89 bits per heavy atom. The lowest BCUT2D eigenvalue weighted by atomic mass is 10.1. The Hall–Kier alpha value is -1.81. The molecule has 0 spiro atoms. The van der Waals surface area contributed by atoms with Crippen molar-refractivity contribution in [1.29, 1.82) is 0 Å². The second-order valence-electron chi connectivity index (χ2n) is 5.11. The Labute approximate surface area is 111 Å². The van der Waals surface area contributed by atoms with Gasteiger partial charge in [0.25, 0.3) is 0 Å². The Morgan fingerprint density at radius 2 is 2.16 bits per heavy atom. The van der Waals surface area contributed by atoms with Crippen LogP contribution in [-0.4, -0.2) is 17.1 Å². The molecule has 1 heterocycles. The molecule has 4 nitrogen and oxygen atoms in total. The predicted molar refractivity (Wildman–Crippen MR) is 72.3 cm³/mol. The number of furan rings is 1. The van der Waals surface area contributed by atoms with Crippen molar-refractivity contribution >= 4 is 16.9 Å². The Bertz CT molecular complexity index is 596. The normalized spacial score (nSPS) is 16.2. The summed E-state index contributed by atoms with van der Waals surface area (Å²) in [5, 5.41) is 13.5. The van der Waals surface area contributed by atoms with Crippen LogP contribution in [0.3, 0.4) is 0 Å². The van der Waals surface area contributed by atoms with E-state index in [0.717, 1.165) is 10.9 Å². The van der Waals surface area contributed by atoms with Gasteiger partial charge in [-0.25, -0.2) is 4.79 Å². The van der Waals surface area contributed by atoms with Crippen LogP contribution in [0.2, 0.25) is 0 Å². The van der Waals surface area contributed by atoms with Crippen LogP contribution < -0.4 is 5.32 Å². The highest BCUT2D eigenvalue weighted by Gasteiger charge is 2.18. The lowest BCUT2D eigenvalue weighted by Gasteiger charge is -2.10. The van der Waals surface area contributed by atoms with Gasteiger partial charge < -0.3 is 14.8 Å². The molecule has 0 unspecified atom stereocenters. The van der Waals surface area contributed by atoms with E-state index in [4.69, 9.17) is 4.42 Å². The summed E-state index contributed by atoms with van der Waals surface area (Å²) in [7, 11) is 0. The zero-order chi connectivity index (χ0) is 13.2. The molecule has 0 radical (unpaired) electrons. The summed E-state index contributed by atoms with van der Waals surface area (Å²) in [6.07, 6.45) is 6.65. The van der Waals surface area contributed by atoms with Gasteiger partial charge in [0.05, 0.1) is 11.8 Å². The van der Waals surface area contributed by atoms with Gasteiger partial charge in [-0.05, 0) is 25.0 Å². The van der Waals surface area contributed by atoms with E-state index in [1.165, 1.54) is 25.7 Å². The number of nitrogens with one attached hydrogen (secondary N) is 1. The lowest BCUT2D eigenvalue weighted by molar-refractivity contribution is 0.0699. The minimum Gasteiger partial charge on any atom is -0.478 e. The largest absolute Gasteiger partial charge is 0.478 e. The van der Waals surface area contributed by atoms with E-state index in [-0.39, 0.29) is 0 Å². The van der Waals surface area contributed by atoms with E-state index in [0.29, 0.717) is 23.7 Å². The number of aromatic carboxylic acids is 1. The average molecular weight is 259 g/mol. The van der Waals surface area contributed by atoms with Gasteiger partial charge in [0.2, 0.25) is 0 Å². The van der Waals surface area contributed by atoms with Crippen molar-refractivity contribution in [1.82, 2.24) is 5.32 Å². The number of carbonyl (C=O) groups is 1. The SMILES string of the molecule is O=C(O)c1cccc2occ(CNC3CCCC3)c12. The monoisotopic (exact) mass is 259 g/mol. The van der Waals surface area contributed by atoms with Crippen LogP contribution in [0.5, 0.6) is 0 Å². The number of carboxylic acids is 1. The first-order chi connectivity index (χ1) is 9.25. The standard InChI is InChI=1S/C15H17NO3/c17-15(18)12-6-3-7-13-14(12)10(9-19-13)8-16-11-4-1-2-5-11/h3,6-7,9,11,16H,1-2,4-5,8H2,(H,17,18). The van der Waals surface area contributed by atoms with Gasteiger partial charge in [0.1, 0.15) is 5.58 Å². The van der Waals surface area contributed by atoms with Crippen LogP contribution in [0.1, 0.15) is 41.6 Å². The molecule has 1 aromatic heterocycles. The molecule has 0 atom stereocenters. The van der Waals surface area contributed by atoms with Crippen molar-refractivity contribution in [2.45, 2.75) is 38.3 Å². The van der Waals surface area contributed by atoms with Crippen molar-refractivity contribution in [2.75, 3.05) is 0 Å². The number of hydrogen-bond acceptors (Lipinski definition) is 3. The second-order valence-corrected chi connectivity index (χ2v) is 5.11. The highest BCUT2D eigenvalue weighted by atomic mass is 16.4. The summed E-state index contributed by atoms with van der Waals surface area (Å²) in [5.74, 6) is -0.908. The summed E-state index contributed by atoms with van der Waals surface area (Å²) in [5.41, 5.74) is 1.89. The van der Waals surface area contributed by atoms with Gasteiger partial charge in [-0.1, -0.05) is 18.9 Å². The molecule has 1 aromatic carbocycles. The zero-order valence-electron chi connectivity index (χ0n) is 10.7. The van der Waals surface area contributed by atoms with Gasteiger partial charge in [-0.2, -0.15) is 0 Å². The average Bonchev–Trinajstić information content (AvgIpc) is 3.05. The number of benzene rings is 1. The molecule has 0 saturated heterocycles. The summed E-state index contributed by atoms with van der Waals surface area (Å²) < 4.78 is 5.45. The quantitative estimate of drug-likeness (QED) is 0.885. The molecule has 0 amide bonds. The molecule has 1 aliphatic carbocycles. The van der Waals surface area contributed by atoms with Crippen molar-refractivity contribution in [3.63, 3.8) is 0 Å². The zero-order valence-corrected chi connectivity index (χ0v) is 10.7. The summed E-state index contributed by atoms with van der Waals surface area (Å²) in [4.78, 5) is 11.3. The van der Waals surface area contributed by atoms with Crippen LogP contribution in [0.15, 0.2) is 28.9 Å². The fourth-order valence-electron chi connectivity index (χ4n) is 2.85. The third-order valence-electron chi connectivity index (χ3n) is 3.84. The number of hydrogen-bond donors (Lipinski definition) is 2. The molecular weight excluding hydrogens is 242 g/mol. The van der Waals surface area contributed by atoms with E-state index < -0.39 is 5.97 Å². The minimum atomic E-state index is -0.908. The van der Waals surface area contributed by atoms with Crippen molar-refractivity contribution < 1.29 is 14.3 Å². The predicted octanol–water partition coefficient (Wildman–Crippen LogP) is 3.16. The summed E-state index contributed by atoms with van der Waals surface area (Å²) in [6, 6.07) is 5.70. The van der Waals surface area contributed by atoms with Gasteiger partial charge in [0, 0.05) is 23.5 Å². The molecule has 3 rings (SSSR count). The van der Waals surface area contributed by atoms with Crippen molar-refractivity contribution in [2.24, 2.45) is 0 Å². The molecule has 0 bridgehead atoms. The lowest BCUT2D eigenvalue weighted by Crippen LogP contribution is -2.25. The Kier molecular flexibility index (Phi) is 3.25. The fraction of sp³-hybridized carbons (Fsp3) is 0.400. The van der Waals surface area contributed by atoms with Crippen LogP contribution in [0, 0.1) is 0 Å². The van der Waals surface area contributed by atoms with E-state index in [9.17, 15) is 9.90 Å². The highest BCUT2D eigenvalue weighted by Crippen LogP contribution is 2.26. The Morgan fingerprint density at radius 1 is 1.37 bits per heavy atom. The molecule has 2 N–H and O–H groups in total. The fourth-order valence-corrected chi connectivity index (χ4v) is 2.85. The highest BCUT2D eigenvalue weighted by molar-refractivity contribution is 6.03. The van der Waals surface area contributed by atoms with Crippen molar-refractivity contribution in [3.05, 3.63) is 35.6 Å². The molecule has 19 heavy (non-hydrogen) atoms. The second kappa shape index (κ2) is 5.05. The van der Waals surface area contributed by atoms with E-state index in [2.05, 4.69) is 5.32 Å². The third-order valence-corrected chi connectivity index (χ3v) is 3.84. The molecule has 1 fully saturated rings.